The molecule has 0 aromatic heterocycles. The van der Waals surface area contributed by atoms with Crippen LogP contribution in [0.1, 0.15) is 27.6 Å². The van der Waals surface area contributed by atoms with Crippen molar-refractivity contribution >= 4 is 29.7 Å². The Labute approximate surface area is 125 Å². The maximum absolute atomic E-state index is 12.2. The Hall–Kier alpha value is -3.12. The molecule has 1 atom stereocenters. The van der Waals surface area contributed by atoms with Crippen LogP contribution in [0.4, 0.5) is 0 Å². The van der Waals surface area contributed by atoms with Gasteiger partial charge in [-0.2, -0.15) is 4.79 Å². The summed E-state index contributed by atoms with van der Waals surface area (Å²) < 4.78 is 0. The molecule has 1 unspecified atom stereocenters. The molecule has 8 heteroatoms. The number of hydrogen-bond acceptors (Lipinski definition) is 4. The smallest absolute Gasteiger partial charge is 0.325 e. The van der Waals surface area contributed by atoms with Gasteiger partial charge in [-0.1, -0.05) is 12.1 Å². The zero-order valence-corrected chi connectivity index (χ0v) is 11.6. The summed E-state index contributed by atoms with van der Waals surface area (Å²) in [5.41, 5.74) is 8.68. The van der Waals surface area contributed by atoms with Gasteiger partial charge in [0.1, 0.15) is 6.04 Å². The Balaban J connectivity index is 2.11. The minimum absolute atomic E-state index is 0.246. The van der Waals surface area contributed by atoms with E-state index in [0.29, 0.717) is 6.21 Å². The Morgan fingerprint density at radius 1 is 1.27 bits per heavy atom. The molecule has 0 saturated carbocycles. The maximum atomic E-state index is 12.2. The van der Waals surface area contributed by atoms with Crippen molar-refractivity contribution in [3.8, 4) is 0 Å². The molecule has 0 fully saturated rings. The number of benzene rings is 1. The molecule has 1 aromatic rings. The summed E-state index contributed by atoms with van der Waals surface area (Å²) >= 11 is 0. The summed E-state index contributed by atoms with van der Waals surface area (Å²) in [4.78, 5) is 50.9. The molecule has 0 aliphatic carbocycles. The van der Waals surface area contributed by atoms with Gasteiger partial charge in [-0.25, -0.2) is 0 Å². The molecule has 0 bridgehead atoms. The number of carbonyl (C=O) groups is 4. The van der Waals surface area contributed by atoms with Gasteiger partial charge in [0.2, 0.25) is 5.91 Å². The van der Waals surface area contributed by atoms with Crippen LogP contribution in [0.3, 0.4) is 0 Å². The highest BCUT2D eigenvalue weighted by atomic mass is 16.2. The zero-order valence-electron chi connectivity index (χ0n) is 11.6. The number of Topliss-reactive ketones (excluding diaryl/α,β-unsaturated/α-hetero) is 1. The van der Waals surface area contributed by atoms with E-state index >= 15 is 0 Å². The Morgan fingerprint density at radius 3 is 2.32 bits per heavy atom. The van der Waals surface area contributed by atoms with Crippen molar-refractivity contribution in [1.82, 2.24) is 10.2 Å². The van der Waals surface area contributed by atoms with Crippen LogP contribution in [0.2, 0.25) is 0 Å². The first-order chi connectivity index (χ1) is 10.5. The fourth-order valence-corrected chi connectivity index (χ4v) is 2.11. The quantitative estimate of drug-likeness (QED) is 0.346. The van der Waals surface area contributed by atoms with Gasteiger partial charge < -0.3 is 10.8 Å². The number of ketones is 1. The average Bonchev–Trinajstić information content (AvgIpc) is 2.76. The van der Waals surface area contributed by atoms with Crippen LogP contribution in [0.25, 0.3) is 5.53 Å². The fraction of sp³-hybridized carbons (Fsp3) is 0.214. The summed E-state index contributed by atoms with van der Waals surface area (Å²) in [6.07, 6.45) is 0.646. The second-order valence-corrected chi connectivity index (χ2v) is 4.63. The first-order valence-electron chi connectivity index (χ1n) is 6.42. The van der Waals surface area contributed by atoms with E-state index in [0.717, 1.165) is 4.90 Å². The standard InChI is InChI=1S/C14H12N4O4/c1-8(12(20)16-6-9(19)7-17-15)18-13(21)10-4-2-3-5-11(10)14(18)22/h2-5,7-8H,6H2,1H3,(H,16,20). The summed E-state index contributed by atoms with van der Waals surface area (Å²) in [6.45, 7) is 0.998. The second kappa shape index (κ2) is 6.11. The minimum atomic E-state index is -1.06. The number of carbonyl (C=O) groups excluding carboxylic acids is 4. The van der Waals surface area contributed by atoms with E-state index in [1.807, 2.05) is 0 Å². The number of fused-ring (bicyclic) bond motifs is 1. The third-order valence-corrected chi connectivity index (χ3v) is 3.23. The molecule has 0 spiro atoms. The molecular weight excluding hydrogens is 288 g/mol. The Morgan fingerprint density at radius 2 is 1.82 bits per heavy atom. The summed E-state index contributed by atoms with van der Waals surface area (Å²) in [5, 5.41) is 2.27. The second-order valence-electron chi connectivity index (χ2n) is 4.63. The van der Waals surface area contributed by atoms with Gasteiger partial charge in [0, 0.05) is 0 Å². The van der Waals surface area contributed by atoms with Crippen LogP contribution < -0.4 is 5.32 Å². The van der Waals surface area contributed by atoms with Crippen molar-refractivity contribution in [2.24, 2.45) is 0 Å². The molecule has 0 saturated heterocycles. The average molecular weight is 300 g/mol. The van der Waals surface area contributed by atoms with Crippen molar-refractivity contribution in [2.45, 2.75) is 13.0 Å². The van der Waals surface area contributed by atoms with Crippen molar-refractivity contribution in [3.63, 3.8) is 0 Å². The van der Waals surface area contributed by atoms with Crippen LogP contribution in [-0.4, -0.2) is 52.0 Å². The highest BCUT2D eigenvalue weighted by Gasteiger charge is 2.40. The molecule has 112 valence electrons. The lowest BCUT2D eigenvalue weighted by molar-refractivity contribution is -0.126. The molecule has 1 aromatic carbocycles. The third kappa shape index (κ3) is 2.68. The van der Waals surface area contributed by atoms with Crippen LogP contribution in [0, 0.1) is 0 Å². The Bertz CT molecular complexity index is 686. The van der Waals surface area contributed by atoms with Crippen LogP contribution in [-0.2, 0) is 9.59 Å². The predicted molar refractivity (Wildman–Crippen MR) is 74.1 cm³/mol. The normalized spacial score (nSPS) is 14.1. The molecule has 3 amide bonds. The van der Waals surface area contributed by atoms with E-state index in [1.54, 1.807) is 12.1 Å². The lowest BCUT2D eigenvalue weighted by Crippen LogP contribution is -2.48. The van der Waals surface area contributed by atoms with E-state index in [9.17, 15) is 19.2 Å². The number of nitrogens with one attached hydrogen (secondary N) is 1. The molecule has 2 rings (SSSR count). The van der Waals surface area contributed by atoms with Gasteiger partial charge in [-0.05, 0) is 19.1 Å². The van der Waals surface area contributed by atoms with Gasteiger partial charge in [-0.3, -0.25) is 24.1 Å². The monoisotopic (exact) mass is 300 g/mol. The van der Waals surface area contributed by atoms with Gasteiger partial charge in [0.15, 0.2) is 0 Å². The first-order valence-corrected chi connectivity index (χ1v) is 6.42. The molecular formula is C14H12N4O4. The van der Waals surface area contributed by atoms with E-state index in [1.165, 1.54) is 19.1 Å². The lowest BCUT2D eigenvalue weighted by atomic mass is 10.1. The first kappa shape index (κ1) is 15.3. The Kier molecular flexibility index (Phi) is 4.24. The van der Waals surface area contributed by atoms with Crippen molar-refractivity contribution in [1.29, 1.82) is 0 Å². The highest BCUT2D eigenvalue weighted by Crippen LogP contribution is 2.24. The molecule has 1 aliphatic rings. The molecule has 1 aliphatic heterocycles. The number of nitrogens with zero attached hydrogens (tertiary/aromatic N) is 3. The maximum Gasteiger partial charge on any atom is 0.325 e. The van der Waals surface area contributed by atoms with Gasteiger partial charge >= 0.3 is 6.21 Å². The van der Waals surface area contributed by atoms with E-state index in [4.69, 9.17) is 5.53 Å². The van der Waals surface area contributed by atoms with Crippen molar-refractivity contribution in [2.75, 3.05) is 6.54 Å². The fourth-order valence-electron chi connectivity index (χ4n) is 2.11. The third-order valence-electron chi connectivity index (χ3n) is 3.23. The largest absolute Gasteiger partial charge is 0.361 e. The number of rotatable bonds is 5. The summed E-state index contributed by atoms with van der Waals surface area (Å²) in [7, 11) is 0. The summed E-state index contributed by atoms with van der Waals surface area (Å²) in [5.74, 6) is -2.38. The van der Waals surface area contributed by atoms with Crippen LogP contribution in [0.5, 0.6) is 0 Å². The van der Waals surface area contributed by atoms with E-state index in [2.05, 4.69) is 10.1 Å². The topological polar surface area (TPSA) is 120 Å². The lowest BCUT2D eigenvalue weighted by Gasteiger charge is -2.21. The van der Waals surface area contributed by atoms with Crippen molar-refractivity contribution in [3.05, 3.63) is 40.9 Å². The molecule has 1 N–H and O–H groups in total. The van der Waals surface area contributed by atoms with Crippen molar-refractivity contribution < 1.29 is 24.0 Å². The molecule has 8 nitrogen and oxygen atoms in total. The van der Waals surface area contributed by atoms with Gasteiger partial charge in [-0.15, -0.1) is 0 Å². The van der Waals surface area contributed by atoms with Crippen LogP contribution in [0.15, 0.2) is 24.3 Å². The van der Waals surface area contributed by atoms with E-state index in [-0.39, 0.29) is 11.1 Å². The molecule has 22 heavy (non-hydrogen) atoms. The SMILES string of the molecule is CC(C(=O)NCC(=O)C=[N+]=[N-])N1C(=O)c2ccccc2C1=O. The summed E-state index contributed by atoms with van der Waals surface area (Å²) in [6, 6.07) is 5.23. The molecule has 1 heterocycles. The minimum Gasteiger partial charge on any atom is -0.361 e. The predicted octanol–water partition coefficient (Wildman–Crippen LogP) is -0.343. The van der Waals surface area contributed by atoms with Crippen LogP contribution >= 0.6 is 0 Å². The number of hydrogen-bond donors (Lipinski definition) is 1. The zero-order chi connectivity index (χ0) is 16.3. The number of amides is 3. The van der Waals surface area contributed by atoms with E-state index < -0.39 is 36.1 Å². The van der Waals surface area contributed by atoms with Gasteiger partial charge in [0.25, 0.3) is 17.6 Å². The molecule has 0 radical (unpaired) electrons. The number of imide groups is 1. The van der Waals surface area contributed by atoms with Gasteiger partial charge in [0.05, 0.1) is 17.7 Å². The highest BCUT2D eigenvalue weighted by molar-refractivity contribution is 6.27.